The van der Waals surface area contributed by atoms with Crippen molar-refractivity contribution in [3.05, 3.63) is 12.4 Å². The summed E-state index contributed by atoms with van der Waals surface area (Å²) in [5.41, 5.74) is -0.658. The molecule has 1 saturated heterocycles. The monoisotopic (exact) mass is 308 g/mol. The summed E-state index contributed by atoms with van der Waals surface area (Å²) >= 11 is 0. The van der Waals surface area contributed by atoms with E-state index >= 15 is 0 Å². The van der Waals surface area contributed by atoms with Crippen LogP contribution in [0.1, 0.15) is 54.9 Å². The average molecular weight is 308 g/mol. The molecular weight excluding hydrogens is 283 g/mol. The van der Waals surface area contributed by atoms with Crippen molar-refractivity contribution in [1.29, 1.82) is 0 Å². The lowest BCUT2D eigenvalue weighted by molar-refractivity contribution is -0.0118. The summed E-state index contributed by atoms with van der Waals surface area (Å²) in [4.78, 5) is 12.0. The number of carbonyl (C=O) groups is 1. The smallest absolute Gasteiger partial charge is 0.442 e. The van der Waals surface area contributed by atoms with Crippen LogP contribution >= 0.6 is 0 Å². The predicted molar refractivity (Wildman–Crippen MR) is 84.2 cm³/mol. The van der Waals surface area contributed by atoms with Gasteiger partial charge in [-0.15, -0.1) is 0 Å². The number of aromatic nitrogens is 2. The molecule has 0 N–H and O–H groups in total. The largest absolute Gasteiger partial charge is 0.498 e. The molecule has 0 aliphatic carbocycles. The number of carbonyl (C=O) groups excluding carboxylic acids is 1. The molecule has 0 radical (unpaired) electrons. The van der Waals surface area contributed by atoms with Crippen LogP contribution in [-0.2, 0) is 14.0 Å². The first-order valence-electron chi connectivity index (χ1n) is 7.61. The molecule has 0 aromatic carbocycles. The zero-order valence-corrected chi connectivity index (χ0v) is 14.5. The van der Waals surface area contributed by atoms with Gasteiger partial charge in [-0.3, -0.25) is 0 Å². The lowest BCUT2D eigenvalue weighted by Gasteiger charge is -2.35. The van der Waals surface area contributed by atoms with Gasteiger partial charge in [0.15, 0.2) is 0 Å². The Morgan fingerprint density at radius 1 is 1.36 bits per heavy atom. The number of hydrogen-bond donors (Lipinski definition) is 0. The molecule has 1 fully saturated rings. The molecule has 2 heterocycles. The highest BCUT2D eigenvalue weighted by atomic mass is 16.7. The molecular formula is C15H25BN2O4. The maximum atomic E-state index is 12.0. The third kappa shape index (κ3) is 3.20. The lowest BCUT2D eigenvalue weighted by atomic mass is 9.82. The predicted octanol–water partition coefficient (Wildman–Crippen LogP) is 2.36. The van der Waals surface area contributed by atoms with Crippen LogP contribution in [0.4, 0.5) is 4.79 Å². The number of rotatable bonds is 2. The Balaban J connectivity index is 2.15. The van der Waals surface area contributed by atoms with Crippen LogP contribution in [-0.4, -0.2) is 39.8 Å². The van der Waals surface area contributed by atoms with E-state index in [1.807, 2.05) is 41.5 Å². The molecule has 1 aromatic rings. The van der Waals surface area contributed by atoms with Gasteiger partial charge in [0.2, 0.25) is 0 Å². The highest BCUT2D eigenvalue weighted by molar-refractivity contribution is 6.62. The van der Waals surface area contributed by atoms with E-state index in [4.69, 9.17) is 14.0 Å². The molecule has 1 aliphatic heterocycles. The summed E-state index contributed by atoms with van der Waals surface area (Å²) in [5, 5.41) is 4.05. The van der Waals surface area contributed by atoms with Gasteiger partial charge in [-0.2, -0.15) is 9.78 Å². The van der Waals surface area contributed by atoms with E-state index in [2.05, 4.69) is 12.0 Å². The molecule has 7 heteroatoms. The van der Waals surface area contributed by atoms with Crippen LogP contribution in [0.25, 0.3) is 0 Å². The summed E-state index contributed by atoms with van der Waals surface area (Å²) < 4.78 is 18.5. The van der Waals surface area contributed by atoms with Gasteiger partial charge in [0.1, 0.15) is 5.60 Å². The number of hydrogen-bond acceptors (Lipinski definition) is 5. The van der Waals surface area contributed by atoms with Gasteiger partial charge in [-0.05, 0) is 48.0 Å². The topological polar surface area (TPSA) is 62.6 Å². The molecule has 1 aromatic heterocycles. The third-order valence-electron chi connectivity index (χ3n) is 4.17. The number of ether oxygens (including phenoxy) is 1. The van der Waals surface area contributed by atoms with Crippen LogP contribution in [0, 0.1) is 0 Å². The third-order valence-corrected chi connectivity index (χ3v) is 4.17. The summed E-state index contributed by atoms with van der Waals surface area (Å²) in [7, 11) is -0.531. The van der Waals surface area contributed by atoms with Crippen LogP contribution in [0.15, 0.2) is 12.4 Å². The maximum absolute atomic E-state index is 12.0. The van der Waals surface area contributed by atoms with E-state index < -0.39 is 24.4 Å². The van der Waals surface area contributed by atoms with Crippen molar-refractivity contribution in [2.75, 3.05) is 0 Å². The van der Waals surface area contributed by atoms with Gasteiger partial charge in [-0.25, -0.2) is 4.79 Å². The van der Waals surface area contributed by atoms with Gasteiger partial charge >= 0.3 is 13.2 Å². The molecule has 1 atom stereocenters. The normalized spacial score (nSPS) is 24.6. The molecule has 1 unspecified atom stereocenters. The maximum Gasteiger partial charge on any atom is 0.498 e. The SMILES string of the molecule is CCC1(C)OB(c2cnn(C(=O)OC(C)(C)C)c2)OC1(C)C. The van der Waals surface area contributed by atoms with Crippen molar-refractivity contribution in [3.8, 4) is 0 Å². The molecule has 122 valence electrons. The summed E-state index contributed by atoms with van der Waals surface area (Å²) in [6.07, 6.45) is 3.48. The van der Waals surface area contributed by atoms with Gasteiger partial charge in [0.05, 0.1) is 11.2 Å². The molecule has 2 rings (SSSR count). The standard InChI is InChI=1S/C15H25BN2O4/c1-8-15(7)14(5,6)21-16(22-15)11-9-17-18(10-11)12(19)20-13(2,3)4/h9-10H,8H2,1-7H3. The lowest BCUT2D eigenvalue weighted by Crippen LogP contribution is -2.44. The van der Waals surface area contributed by atoms with Crippen molar-refractivity contribution in [1.82, 2.24) is 9.78 Å². The number of nitrogens with zero attached hydrogens (tertiary/aromatic N) is 2. The second-order valence-electron chi connectivity index (χ2n) is 7.36. The first-order valence-corrected chi connectivity index (χ1v) is 7.61. The van der Waals surface area contributed by atoms with Gasteiger partial charge in [0.25, 0.3) is 0 Å². The van der Waals surface area contributed by atoms with Crippen LogP contribution in [0.5, 0.6) is 0 Å². The Morgan fingerprint density at radius 3 is 2.50 bits per heavy atom. The summed E-state index contributed by atoms with van der Waals surface area (Å²) in [6.45, 7) is 13.6. The second kappa shape index (κ2) is 5.39. The fourth-order valence-electron chi connectivity index (χ4n) is 2.31. The molecule has 0 amide bonds. The van der Waals surface area contributed by atoms with Crippen LogP contribution in [0.2, 0.25) is 0 Å². The van der Waals surface area contributed by atoms with Gasteiger partial charge < -0.3 is 14.0 Å². The first kappa shape index (κ1) is 17.0. The zero-order chi connectivity index (χ0) is 16.8. The summed E-state index contributed by atoms with van der Waals surface area (Å²) in [6, 6.07) is 0. The van der Waals surface area contributed by atoms with Crippen molar-refractivity contribution >= 4 is 18.7 Å². The van der Waals surface area contributed by atoms with E-state index in [1.54, 1.807) is 12.4 Å². The quantitative estimate of drug-likeness (QED) is 0.785. The van der Waals surface area contributed by atoms with E-state index in [0.717, 1.165) is 6.42 Å². The van der Waals surface area contributed by atoms with Gasteiger partial charge in [-0.1, -0.05) is 6.92 Å². The minimum Gasteiger partial charge on any atom is -0.442 e. The highest BCUT2D eigenvalue weighted by Crippen LogP contribution is 2.39. The Morgan fingerprint density at radius 2 is 2.00 bits per heavy atom. The van der Waals surface area contributed by atoms with E-state index in [-0.39, 0.29) is 5.60 Å². The van der Waals surface area contributed by atoms with Crippen molar-refractivity contribution in [2.45, 2.75) is 71.7 Å². The molecule has 6 nitrogen and oxygen atoms in total. The Kier molecular flexibility index (Phi) is 4.17. The zero-order valence-electron chi connectivity index (χ0n) is 14.5. The fourth-order valence-corrected chi connectivity index (χ4v) is 2.31. The van der Waals surface area contributed by atoms with Crippen molar-refractivity contribution < 1.29 is 18.8 Å². The van der Waals surface area contributed by atoms with Gasteiger partial charge in [0, 0.05) is 17.9 Å². The van der Waals surface area contributed by atoms with Crippen LogP contribution in [0.3, 0.4) is 0 Å². The van der Waals surface area contributed by atoms with E-state index in [1.165, 1.54) is 4.68 Å². The average Bonchev–Trinajstić information content (AvgIpc) is 2.92. The first-order chi connectivity index (χ1) is 9.97. The molecule has 0 bridgehead atoms. The Hall–Kier alpha value is -1.34. The van der Waals surface area contributed by atoms with E-state index in [0.29, 0.717) is 5.46 Å². The molecule has 0 saturated carbocycles. The molecule has 22 heavy (non-hydrogen) atoms. The van der Waals surface area contributed by atoms with E-state index in [9.17, 15) is 4.79 Å². The van der Waals surface area contributed by atoms with Crippen molar-refractivity contribution in [3.63, 3.8) is 0 Å². The fraction of sp³-hybridized carbons (Fsp3) is 0.733. The molecule has 0 spiro atoms. The second-order valence-corrected chi connectivity index (χ2v) is 7.36. The summed E-state index contributed by atoms with van der Waals surface area (Å²) in [5.74, 6) is 0. The highest BCUT2D eigenvalue weighted by Gasteiger charge is 2.53. The van der Waals surface area contributed by atoms with Crippen LogP contribution < -0.4 is 5.46 Å². The minimum atomic E-state index is -0.563. The van der Waals surface area contributed by atoms with Crippen molar-refractivity contribution in [2.24, 2.45) is 0 Å². The molecule has 1 aliphatic rings. The Bertz CT molecular complexity index is 564. The minimum absolute atomic E-state index is 0.383. The Labute approximate surface area is 132 Å².